The van der Waals surface area contributed by atoms with Crippen LogP contribution in [0.2, 0.25) is 5.02 Å². The minimum atomic E-state index is -4.59. The van der Waals surface area contributed by atoms with Crippen LogP contribution in [-0.2, 0) is 17.5 Å². The summed E-state index contributed by atoms with van der Waals surface area (Å²) in [7, 11) is 0. The number of aromatic nitrogens is 2. The molecule has 2 atom stereocenters. The van der Waals surface area contributed by atoms with Gasteiger partial charge in [-0.15, -0.1) is 0 Å². The van der Waals surface area contributed by atoms with E-state index in [4.69, 9.17) is 11.6 Å². The van der Waals surface area contributed by atoms with E-state index in [9.17, 15) is 27.5 Å². The summed E-state index contributed by atoms with van der Waals surface area (Å²) in [4.78, 5) is 13.6. The smallest absolute Gasteiger partial charge is 0.418 e. The van der Waals surface area contributed by atoms with Gasteiger partial charge in [-0.3, -0.25) is 9.48 Å². The third-order valence-electron chi connectivity index (χ3n) is 7.47. The number of anilines is 1. The number of fused-ring (bicyclic) bond motifs is 1. The van der Waals surface area contributed by atoms with Gasteiger partial charge in [0.1, 0.15) is 11.3 Å². The molecule has 2 heterocycles. The van der Waals surface area contributed by atoms with Gasteiger partial charge in [0.15, 0.2) is 0 Å². The average Bonchev–Trinajstić information content (AvgIpc) is 3.27. The Labute approximate surface area is 227 Å². The molecule has 5 rings (SSSR count). The molecule has 4 aromatic rings. The van der Waals surface area contributed by atoms with Crippen molar-refractivity contribution >= 4 is 34.2 Å². The van der Waals surface area contributed by atoms with Crippen molar-refractivity contribution in [1.82, 2.24) is 9.78 Å². The second-order valence-corrected chi connectivity index (χ2v) is 10.4. The van der Waals surface area contributed by atoms with E-state index >= 15 is 0 Å². The summed E-state index contributed by atoms with van der Waals surface area (Å²) in [5, 5.41) is 14.3. The van der Waals surface area contributed by atoms with Crippen LogP contribution in [0.1, 0.15) is 30.9 Å². The number of piperidine rings is 1. The van der Waals surface area contributed by atoms with E-state index in [-0.39, 0.29) is 23.0 Å². The quantitative estimate of drug-likeness (QED) is 0.249. The lowest BCUT2D eigenvalue weighted by Crippen LogP contribution is -2.39. The van der Waals surface area contributed by atoms with Gasteiger partial charge < -0.3 is 10.0 Å². The fourth-order valence-electron chi connectivity index (χ4n) is 5.30. The Kier molecular flexibility index (Phi) is 7.29. The number of hydrogen-bond acceptors (Lipinski definition) is 3. The highest BCUT2D eigenvalue weighted by Gasteiger charge is 2.35. The molecular weight excluding hydrogens is 534 g/mol. The van der Waals surface area contributed by atoms with E-state index in [0.29, 0.717) is 28.8 Å². The zero-order chi connectivity index (χ0) is 27.9. The standard InChI is InChI=1S/C29H26ClF4N3O2/c1-17(28(38)39)19-4-3-13-36(15-19)22-11-8-18(9-12-22)27-23-5-2-6-24(29(32,33)34)26(23)35-37(27)16-20-7-10-21(31)14-25(20)30/h2,5-12,14,17,19H,3-4,13,15-16H2,1H3,(H,38,39)/t17?,19-/m0/s1. The molecule has 39 heavy (non-hydrogen) atoms. The van der Waals surface area contributed by atoms with Gasteiger partial charge in [0.05, 0.1) is 23.7 Å². The molecule has 1 saturated heterocycles. The normalized spacial score (nSPS) is 17.0. The summed E-state index contributed by atoms with van der Waals surface area (Å²) < 4.78 is 56.6. The number of aliphatic carboxylic acids is 1. The third kappa shape index (κ3) is 5.45. The molecule has 0 spiro atoms. The van der Waals surface area contributed by atoms with Gasteiger partial charge in [-0.2, -0.15) is 18.3 Å². The van der Waals surface area contributed by atoms with E-state index in [1.807, 2.05) is 24.3 Å². The predicted octanol–water partition coefficient (Wildman–Crippen LogP) is 7.50. The Bertz CT molecular complexity index is 1520. The lowest BCUT2D eigenvalue weighted by Gasteiger charge is -2.36. The number of halogens is 5. The molecule has 0 saturated carbocycles. The van der Waals surface area contributed by atoms with E-state index in [1.54, 1.807) is 13.0 Å². The van der Waals surface area contributed by atoms with E-state index < -0.39 is 29.4 Å². The number of carboxylic acids is 1. The molecule has 5 nitrogen and oxygen atoms in total. The van der Waals surface area contributed by atoms with E-state index in [1.165, 1.54) is 22.9 Å². The number of nitrogens with zero attached hydrogens (tertiary/aromatic N) is 3. The largest absolute Gasteiger partial charge is 0.481 e. The summed E-state index contributed by atoms with van der Waals surface area (Å²) in [6.07, 6.45) is -2.87. The van der Waals surface area contributed by atoms with Crippen molar-refractivity contribution in [2.45, 2.75) is 32.5 Å². The van der Waals surface area contributed by atoms with Crippen LogP contribution in [-0.4, -0.2) is 33.9 Å². The van der Waals surface area contributed by atoms with Crippen LogP contribution in [0.3, 0.4) is 0 Å². The van der Waals surface area contributed by atoms with Gasteiger partial charge in [-0.05, 0) is 54.7 Å². The monoisotopic (exact) mass is 559 g/mol. The van der Waals surface area contributed by atoms with E-state index in [2.05, 4.69) is 10.00 Å². The molecule has 0 radical (unpaired) electrons. The van der Waals surface area contributed by atoms with Gasteiger partial charge >= 0.3 is 12.1 Å². The number of alkyl halides is 3. The fourth-order valence-corrected chi connectivity index (χ4v) is 5.52. The van der Waals surface area contributed by atoms with Crippen LogP contribution < -0.4 is 4.90 Å². The van der Waals surface area contributed by atoms with Crippen LogP contribution in [0.4, 0.5) is 23.2 Å². The summed E-state index contributed by atoms with van der Waals surface area (Å²) in [6.45, 7) is 3.18. The Balaban J connectivity index is 1.55. The molecule has 0 amide bonds. The molecule has 10 heteroatoms. The molecule has 1 aliphatic heterocycles. The van der Waals surface area contributed by atoms with Gasteiger partial charge in [0.25, 0.3) is 0 Å². The number of carbonyl (C=O) groups is 1. The Hall–Kier alpha value is -3.59. The van der Waals surface area contributed by atoms with Crippen molar-refractivity contribution < 1.29 is 27.5 Å². The Morgan fingerprint density at radius 3 is 2.56 bits per heavy atom. The second kappa shape index (κ2) is 10.5. The topological polar surface area (TPSA) is 58.4 Å². The van der Waals surface area contributed by atoms with Crippen molar-refractivity contribution in [3.63, 3.8) is 0 Å². The number of rotatable bonds is 6. The van der Waals surface area contributed by atoms with Gasteiger partial charge in [-0.1, -0.05) is 48.9 Å². The van der Waals surface area contributed by atoms with Crippen molar-refractivity contribution in [1.29, 1.82) is 0 Å². The van der Waals surface area contributed by atoms with Gasteiger partial charge in [0.2, 0.25) is 0 Å². The maximum Gasteiger partial charge on any atom is 0.418 e. The highest BCUT2D eigenvalue weighted by atomic mass is 35.5. The van der Waals surface area contributed by atoms with Gasteiger partial charge in [0, 0.05) is 34.7 Å². The van der Waals surface area contributed by atoms with Crippen LogP contribution in [0, 0.1) is 17.7 Å². The zero-order valence-electron chi connectivity index (χ0n) is 21.1. The maximum absolute atomic E-state index is 13.8. The Morgan fingerprint density at radius 2 is 1.90 bits per heavy atom. The molecule has 3 aromatic carbocycles. The van der Waals surface area contributed by atoms with Crippen LogP contribution in [0.15, 0.2) is 60.7 Å². The first-order valence-corrected chi connectivity index (χ1v) is 13.0. The van der Waals surface area contributed by atoms with Crippen molar-refractivity contribution in [3.8, 4) is 11.3 Å². The van der Waals surface area contributed by atoms with Crippen molar-refractivity contribution in [3.05, 3.63) is 82.6 Å². The van der Waals surface area contributed by atoms with Crippen LogP contribution >= 0.6 is 11.6 Å². The fraction of sp³-hybridized carbons (Fsp3) is 0.310. The highest BCUT2D eigenvalue weighted by molar-refractivity contribution is 6.31. The number of benzene rings is 3. The van der Waals surface area contributed by atoms with Crippen molar-refractivity contribution in [2.75, 3.05) is 18.0 Å². The summed E-state index contributed by atoms with van der Waals surface area (Å²) in [5.74, 6) is -1.74. The third-order valence-corrected chi connectivity index (χ3v) is 7.82. The minimum absolute atomic E-state index is 0.0301. The molecular formula is C29H26ClF4N3O2. The van der Waals surface area contributed by atoms with Gasteiger partial charge in [-0.25, -0.2) is 4.39 Å². The lowest BCUT2D eigenvalue weighted by atomic mass is 9.86. The van der Waals surface area contributed by atoms with Crippen LogP contribution in [0.25, 0.3) is 22.2 Å². The molecule has 1 aromatic heterocycles. The number of hydrogen-bond donors (Lipinski definition) is 1. The molecule has 1 fully saturated rings. The molecule has 1 unspecified atom stereocenters. The summed E-state index contributed by atoms with van der Waals surface area (Å²) >= 11 is 6.24. The molecule has 204 valence electrons. The van der Waals surface area contributed by atoms with Crippen LogP contribution in [0.5, 0.6) is 0 Å². The SMILES string of the molecule is CC(C(=O)O)[C@H]1CCCN(c2ccc(-c3c4cccc(C(F)(F)F)c4nn3Cc3ccc(F)cc3Cl)cc2)C1. The molecule has 0 bridgehead atoms. The first-order chi connectivity index (χ1) is 18.5. The highest BCUT2D eigenvalue weighted by Crippen LogP contribution is 2.39. The second-order valence-electron chi connectivity index (χ2n) is 9.96. The minimum Gasteiger partial charge on any atom is -0.481 e. The average molecular weight is 560 g/mol. The first-order valence-electron chi connectivity index (χ1n) is 12.6. The Morgan fingerprint density at radius 1 is 1.15 bits per heavy atom. The predicted molar refractivity (Wildman–Crippen MR) is 142 cm³/mol. The van der Waals surface area contributed by atoms with E-state index in [0.717, 1.165) is 37.2 Å². The first kappa shape index (κ1) is 27.0. The lowest BCUT2D eigenvalue weighted by molar-refractivity contribution is -0.143. The number of carboxylic acid groups (broad SMARTS) is 1. The summed E-state index contributed by atoms with van der Waals surface area (Å²) in [5.41, 5.74) is 1.56. The maximum atomic E-state index is 13.8. The molecule has 1 aliphatic rings. The van der Waals surface area contributed by atoms with Crippen molar-refractivity contribution in [2.24, 2.45) is 11.8 Å². The zero-order valence-corrected chi connectivity index (χ0v) is 21.8. The summed E-state index contributed by atoms with van der Waals surface area (Å²) in [6, 6.07) is 15.3. The molecule has 1 N–H and O–H groups in total. The molecule has 0 aliphatic carbocycles.